The van der Waals surface area contributed by atoms with E-state index in [1.54, 1.807) is 0 Å². The lowest BCUT2D eigenvalue weighted by Gasteiger charge is -2.50. The molecular weight excluding hydrogens is 228 g/mol. The summed E-state index contributed by atoms with van der Waals surface area (Å²) in [4.78, 5) is 2.76. The monoisotopic (exact) mass is 258 g/mol. The van der Waals surface area contributed by atoms with Crippen LogP contribution >= 0.6 is 11.8 Å². The van der Waals surface area contributed by atoms with E-state index in [9.17, 15) is 0 Å². The van der Waals surface area contributed by atoms with Gasteiger partial charge in [-0.15, -0.1) is 0 Å². The highest BCUT2D eigenvalue weighted by atomic mass is 32.2. The van der Waals surface area contributed by atoms with Crippen LogP contribution in [0.25, 0.3) is 0 Å². The van der Waals surface area contributed by atoms with E-state index >= 15 is 0 Å². The first-order chi connectivity index (χ1) is 8.22. The van der Waals surface area contributed by atoms with Gasteiger partial charge in [-0.25, -0.2) is 0 Å². The molecule has 1 rings (SSSR count). The summed E-state index contributed by atoms with van der Waals surface area (Å²) >= 11 is 1.97. The fourth-order valence-electron chi connectivity index (χ4n) is 2.99. The lowest BCUT2D eigenvalue weighted by Crippen LogP contribution is -2.64. The van der Waals surface area contributed by atoms with Crippen molar-refractivity contribution in [3.05, 3.63) is 0 Å². The minimum Gasteiger partial charge on any atom is -0.311 e. The van der Waals surface area contributed by atoms with Gasteiger partial charge in [0.05, 0.1) is 0 Å². The molecule has 0 amide bonds. The van der Waals surface area contributed by atoms with E-state index in [0.29, 0.717) is 11.6 Å². The Morgan fingerprint density at radius 2 is 2.00 bits per heavy atom. The molecule has 1 atom stereocenters. The molecule has 1 N–H and O–H groups in total. The molecule has 0 aliphatic carbocycles. The van der Waals surface area contributed by atoms with Gasteiger partial charge in [0.2, 0.25) is 0 Å². The van der Waals surface area contributed by atoms with Gasteiger partial charge >= 0.3 is 0 Å². The van der Waals surface area contributed by atoms with Crippen LogP contribution in [0, 0.1) is 0 Å². The molecule has 0 radical (unpaired) electrons. The predicted molar refractivity (Wildman–Crippen MR) is 80.0 cm³/mol. The summed E-state index contributed by atoms with van der Waals surface area (Å²) in [6.07, 6.45) is 7.36. The van der Waals surface area contributed by atoms with Gasteiger partial charge in [0.1, 0.15) is 0 Å². The minimum atomic E-state index is 0.417. The van der Waals surface area contributed by atoms with E-state index < -0.39 is 0 Å². The molecule has 0 spiro atoms. The van der Waals surface area contributed by atoms with Crippen molar-refractivity contribution in [2.24, 2.45) is 0 Å². The zero-order chi connectivity index (χ0) is 12.7. The summed E-state index contributed by atoms with van der Waals surface area (Å²) in [5, 5.41) is 3.77. The molecule has 0 aromatic rings. The molecule has 0 saturated carbocycles. The van der Waals surface area contributed by atoms with Gasteiger partial charge in [-0.3, -0.25) is 4.90 Å². The maximum Gasteiger partial charge on any atom is 0.0329 e. The van der Waals surface area contributed by atoms with Crippen molar-refractivity contribution in [2.75, 3.05) is 31.6 Å². The Labute approximate surface area is 112 Å². The van der Waals surface area contributed by atoms with Crippen LogP contribution in [0.15, 0.2) is 0 Å². The Morgan fingerprint density at radius 1 is 1.29 bits per heavy atom. The number of hydrogen-bond acceptors (Lipinski definition) is 3. The predicted octanol–water partition coefficient (Wildman–Crippen LogP) is 2.98. The van der Waals surface area contributed by atoms with Gasteiger partial charge < -0.3 is 5.32 Å². The summed E-state index contributed by atoms with van der Waals surface area (Å²) in [6.45, 7) is 10.7. The fourth-order valence-corrected chi connectivity index (χ4v) is 3.39. The van der Waals surface area contributed by atoms with Crippen molar-refractivity contribution in [1.82, 2.24) is 10.2 Å². The Kier molecular flexibility index (Phi) is 6.90. The highest BCUT2D eigenvalue weighted by Gasteiger charge is 2.37. The third-order valence-electron chi connectivity index (χ3n) is 4.35. The number of piperazine rings is 1. The van der Waals surface area contributed by atoms with Crippen LogP contribution in [0.5, 0.6) is 0 Å². The standard InChI is InChI=1S/C14H30N2S/c1-5-8-13-11-16(9-10-17-4)14(6-2,7-3)12-15-13/h13,15H,5-12H2,1-4H3. The number of thioether (sulfide) groups is 1. The Hall–Kier alpha value is 0.270. The van der Waals surface area contributed by atoms with Gasteiger partial charge in [-0.1, -0.05) is 27.2 Å². The summed E-state index contributed by atoms with van der Waals surface area (Å²) in [7, 11) is 0. The first-order valence-corrected chi connectivity index (χ1v) is 8.59. The molecule has 17 heavy (non-hydrogen) atoms. The second-order valence-electron chi connectivity index (χ2n) is 5.24. The molecule has 1 aliphatic heterocycles. The maximum atomic E-state index is 3.77. The first-order valence-electron chi connectivity index (χ1n) is 7.19. The van der Waals surface area contributed by atoms with Crippen LogP contribution in [-0.2, 0) is 0 Å². The normalized spacial score (nSPS) is 25.1. The van der Waals surface area contributed by atoms with Gasteiger partial charge in [-0.05, 0) is 25.5 Å². The Bertz CT molecular complexity index is 204. The molecule has 102 valence electrons. The molecule has 0 bridgehead atoms. The second kappa shape index (κ2) is 7.65. The van der Waals surface area contributed by atoms with Gasteiger partial charge in [0.15, 0.2) is 0 Å². The van der Waals surface area contributed by atoms with E-state index in [0.717, 1.165) is 0 Å². The summed E-state index contributed by atoms with van der Waals surface area (Å²) in [5.41, 5.74) is 0.417. The SMILES string of the molecule is CCCC1CN(CCSC)C(CC)(CC)CN1. The molecule has 0 aromatic carbocycles. The van der Waals surface area contributed by atoms with E-state index in [1.165, 1.54) is 51.1 Å². The van der Waals surface area contributed by atoms with Crippen LogP contribution in [-0.4, -0.2) is 48.1 Å². The maximum absolute atomic E-state index is 3.77. The molecule has 1 fully saturated rings. The van der Waals surface area contributed by atoms with Crippen molar-refractivity contribution in [3.63, 3.8) is 0 Å². The van der Waals surface area contributed by atoms with Crippen LogP contribution < -0.4 is 5.32 Å². The minimum absolute atomic E-state index is 0.417. The molecule has 0 aromatic heterocycles. The molecule has 1 aliphatic rings. The van der Waals surface area contributed by atoms with E-state index in [4.69, 9.17) is 0 Å². The Morgan fingerprint density at radius 3 is 2.53 bits per heavy atom. The lowest BCUT2D eigenvalue weighted by atomic mass is 9.86. The van der Waals surface area contributed by atoms with E-state index in [1.807, 2.05) is 11.8 Å². The van der Waals surface area contributed by atoms with Crippen molar-refractivity contribution in [2.45, 2.75) is 58.0 Å². The third kappa shape index (κ3) is 3.87. The summed E-state index contributed by atoms with van der Waals surface area (Å²) in [6, 6.07) is 0.716. The number of hydrogen-bond donors (Lipinski definition) is 1. The van der Waals surface area contributed by atoms with Crippen LogP contribution in [0.3, 0.4) is 0 Å². The molecule has 1 heterocycles. The highest BCUT2D eigenvalue weighted by molar-refractivity contribution is 7.98. The zero-order valence-electron chi connectivity index (χ0n) is 12.1. The summed E-state index contributed by atoms with van der Waals surface area (Å²) in [5.74, 6) is 1.26. The quantitative estimate of drug-likeness (QED) is 0.756. The lowest BCUT2D eigenvalue weighted by molar-refractivity contribution is 0.0356. The number of rotatable bonds is 7. The molecule has 3 heteroatoms. The van der Waals surface area contributed by atoms with Crippen molar-refractivity contribution < 1.29 is 0 Å². The number of nitrogens with one attached hydrogen (secondary N) is 1. The summed E-state index contributed by atoms with van der Waals surface area (Å²) < 4.78 is 0. The van der Waals surface area contributed by atoms with Gasteiger partial charge in [-0.2, -0.15) is 11.8 Å². The molecular formula is C14H30N2S. The topological polar surface area (TPSA) is 15.3 Å². The molecule has 2 nitrogen and oxygen atoms in total. The van der Waals surface area contributed by atoms with Crippen LogP contribution in [0.2, 0.25) is 0 Å². The molecule has 1 unspecified atom stereocenters. The van der Waals surface area contributed by atoms with E-state index in [2.05, 4.69) is 37.2 Å². The van der Waals surface area contributed by atoms with Crippen molar-refractivity contribution in [1.29, 1.82) is 0 Å². The smallest absolute Gasteiger partial charge is 0.0329 e. The highest BCUT2D eigenvalue weighted by Crippen LogP contribution is 2.27. The van der Waals surface area contributed by atoms with Crippen molar-refractivity contribution >= 4 is 11.8 Å². The van der Waals surface area contributed by atoms with E-state index in [-0.39, 0.29) is 0 Å². The second-order valence-corrected chi connectivity index (χ2v) is 6.22. The Balaban J connectivity index is 2.64. The van der Waals surface area contributed by atoms with Crippen molar-refractivity contribution in [3.8, 4) is 0 Å². The van der Waals surface area contributed by atoms with Crippen LogP contribution in [0.1, 0.15) is 46.5 Å². The average Bonchev–Trinajstić information content (AvgIpc) is 2.37. The number of nitrogens with zero attached hydrogens (tertiary/aromatic N) is 1. The average molecular weight is 258 g/mol. The van der Waals surface area contributed by atoms with Gasteiger partial charge in [0, 0.05) is 37.0 Å². The third-order valence-corrected chi connectivity index (χ3v) is 4.94. The molecule has 1 saturated heterocycles. The van der Waals surface area contributed by atoms with Crippen LogP contribution in [0.4, 0.5) is 0 Å². The fraction of sp³-hybridized carbons (Fsp3) is 1.00. The largest absolute Gasteiger partial charge is 0.311 e. The van der Waals surface area contributed by atoms with Gasteiger partial charge in [0.25, 0.3) is 0 Å². The first kappa shape index (κ1) is 15.3. The zero-order valence-corrected chi connectivity index (χ0v) is 12.9.